The minimum Gasteiger partial charge on any atom is -0.310 e. The van der Waals surface area contributed by atoms with Gasteiger partial charge in [-0.1, -0.05) is 32.8 Å². The van der Waals surface area contributed by atoms with Crippen LogP contribution in [0.4, 0.5) is 0 Å². The zero-order valence-corrected chi connectivity index (χ0v) is 10.0. The van der Waals surface area contributed by atoms with E-state index in [1.807, 2.05) is 18.5 Å². The van der Waals surface area contributed by atoms with E-state index in [2.05, 4.69) is 37.1 Å². The zero-order chi connectivity index (χ0) is 11.1. The normalized spacial score (nSPS) is 13.1. The average Bonchev–Trinajstić information content (AvgIpc) is 2.31. The Bertz CT molecular complexity index is 254. The van der Waals surface area contributed by atoms with E-state index >= 15 is 0 Å². The van der Waals surface area contributed by atoms with Crippen molar-refractivity contribution in [2.24, 2.45) is 5.92 Å². The van der Waals surface area contributed by atoms with E-state index in [1.165, 1.54) is 18.4 Å². The van der Waals surface area contributed by atoms with Crippen LogP contribution in [-0.2, 0) is 0 Å². The van der Waals surface area contributed by atoms with Crippen LogP contribution in [-0.4, -0.2) is 11.5 Å². The fourth-order valence-corrected chi connectivity index (χ4v) is 1.67. The van der Waals surface area contributed by atoms with Crippen molar-refractivity contribution in [2.75, 3.05) is 6.54 Å². The highest BCUT2D eigenvalue weighted by Crippen LogP contribution is 2.12. The predicted octanol–water partition coefficient (Wildman–Crippen LogP) is 3.17. The van der Waals surface area contributed by atoms with Crippen LogP contribution < -0.4 is 5.32 Å². The number of nitrogens with one attached hydrogen (secondary N) is 1. The maximum absolute atomic E-state index is 4.13. The number of hydrogen-bond donors (Lipinski definition) is 1. The molecule has 0 amide bonds. The monoisotopic (exact) mass is 206 g/mol. The number of rotatable bonds is 6. The van der Waals surface area contributed by atoms with Crippen molar-refractivity contribution in [3.8, 4) is 0 Å². The van der Waals surface area contributed by atoms with Gasteiger partial charge in [0.25, 0.3) is 0 Å². The smallest absolute Gasteiger partial charge is 0.0315 e. The van der Waals surface area contributed by atoms with Gasteiger partial charge in [0.05, 0.1) is 0 Å². The Hall–Kier alpha value is -0.890. The maximum atomic E-state index is 4.13. The van der Waals surface area contributed by atoms with Crippen LogP contribution in [0, 0.1) is 5.92 Å². The Kier molecular flexibility index (Phi) is 5.33. The van der Waals surface area contributed by atoms with E-state index in [4.69, 9.17) is 0 Å². The predicted molar refractivity (Wildman–Crippen MR) is 64.7 cm³/mol. The molecule has 1 rings (SSSR count). The molecular weight excluding hydrogens is 184 g/mol. The van der Waals surface area contributed by atoms with Crippen LogP contribution in [0.15, 0.2) is 24.5 Å². The van der Waals surface area contributed by atoms with Gasteiger partial charge in [0.15, 0.2) is 0 Å². The summed E-state index contributed by atoms with van der Waals surface area (Å²) in [5, 5.41) is 3.56. The molecule has 0 spiro atoms. The van der Waals surface area contributed by atoms with Crippen LogP contribution >= 0.6 is 0 Å². The van der Waals surface area contributed by atoms with Crippen LogP contribution in [0.2, 0.25) is 0 Å². The van der Waals surface area contributed by atoms with E-state index in [-0.39, 0.29) is 0 Å². The summed E-state index contributed by atoms with van der Waals surface area (Å²) in [4.78, 5) is 4.13. The average molecular weight is 206 g/mol. The molecule has 0 bridgehead atoms. The third kappa shape index (κ3) is 4.00. The first-order valence-electron chi connectivity index (χ1n) is 5.91. The quantitative estimate of drug-likeness (QED) is 0.773. The molecule has 1 aromatic heterocycles. The maximum Gasteiger partial charge on any atom is 0.0315 e. The number of nitrogens with zero attached hydrogens (tertiary/aromatic N) is 1. The van der Waals surface area contributed by atoms with Crippen molar-refractivity contribution in [2.45, 2.75) is 39.7 Å². The van der Waals surface area contributed by atoms with Gasteiger partial charge in [-0.25, -0.2) is 0 Å². The van der Waals surface area contributed by atoms with E-state index in [1.54, 1.807) is 0 Å². The first-order valence-corrected chi connectivity index (χ1v) is 5.91. The molecule has 0 aromatic carbocycles. The molecular formula is C13H22N2. The Labute approximate surface area is 93.1 Å². The van der Waals surface area contributed by atoms with Gasteiger partial charge >= 0.3 is 0 Å². The third-order valence-electron chi connectivity index (χ3n) is 3.05. The van der Waals surface area contributed by atoms with Crippen molar-refractivity contribution >= 4 is 0 Å². The second-order valence-electron chi connectivity index (χ2n) is 4.10. The van der Waals surface area contributed by atoms with Gasteiger partial charge in [-0.2, -0.15) is 0 Å². The molecule has 0 radical (unpaired) electrons. The summed E-state index contributed by atoms with van der Waals surface area (Å²) in [5.41, 5.74) is 1.27. The van der Waals surface area contributed by atoms with Gasteiger partial charge in [0.1, 0.15) is 0 Å². The molecule has 0 aliphatic carbocycles. The van der Waals surface area contributed by atoms with Crippen LogP contribution in [0.1, 0.15) is 45.2 Å². The molecule has 2 nitrogen and oxygen atoms in total. The second-order valence-corrected chi connectivity index (χ2v) is 4.10. The van der Waals surface area contributed by atoms with E-state index in [0.29, 0.717) is 6.04 Å². The summed E-state index contributed by atoms with van der Waals surface area (Å²) in [6, 6.07) is 4.52. The van der Waals surface area contributed by atoms with Crippen LogP contribution in [0.25, 0.3) is 0 Å². The summed E-state index contributed by atoms with van der Waals surface area (Å²) < 4.78 is 0. The molecule has 1 N–H and O–H groups in total. The lowest BCUT2D eigenvalue weighted by Gasteiger charge is -2.18. The largest absolute Gasteiger partial charge is 0.310 e. The SMILES string of the molecule is CCC(CC)CN[C@H](C)c1cccnc1. The molecule has 15 heavy (non-hydrogen) atoms. The number of aromatic nitrogens is 1. The van der Waals surface area contributed by atoms with E-state index in [0.717, 1.165) is 12.5 Å². The fraction of sp³-hybridized carbons (Fsp3) is 0.615. The fourth-order valence-electron chi connectivity index (χ4n) is 1.67. The summed E-state index contributed by atoms with van der Waals surface area (Å²) in [5.74, 6) is 0.795. The summed E-state index contributed by atoms with van der Waals surface area (Å²) in [6.45, 7) is 7.80. The van der Waals surface area contributed by atoms with Crippen molar-refractivity contribution in [1.29, 1.82) is 0 Å². The first kappa shape index (κ1) is 12.2. The first-order chi connectivity index (χ1) is 7.27. The molecule has 2 heteroatoms. The molecule has 1 aromatic rings. The highest BCUT2D eigenvalue weighted by molar-refractivity contribution is 5.12. The highest BCUT2D eigenvalue weighted by atomic mass is 14.9. The van der Waals surface area contributed by atoms with Crippen molar-refractivity contribution in [3.05, 3.63) is 30.1 Å². The molecule has 0 fully saturated rings. The lowest BCUT2D eigenvalue weighted by atomic mass is 10.0. The van der Waals surface area contributed by atoms with Crippen LogP contribution in [0.5, 0.6) is 0 Å². The van der Waals surface area contributed by atoms with Gasteiger partial charge in [0.2, 0.25) is 0 Å². The Morgan fingerprint density at radius 1 is 1.33 bits per heavy atom. The van der Waals surface area contributed by atoms with Gasteiger partial charge < -0.3 is 5.32 Å². The number of pyridine rings is 1. The summed E-state index contributed by atoms with van der Waals surface area (Å²) in [7, 11) is 0. The van der Waals surface area contributed by atoms with Crippen molar-refractivity contribution < 1.29 is 0 Å². The van der Waals surface area contributed by atoms with Gasteiger partial charge in [0, 0.05) is 18.4 Å². The summed E-state index contributed by atoms with van der Waals surface area (Å²) >= 11 is 0. The Balaban J connectivity index is 2.39. The molecule has 0 saturated heterocycles. The van der Waals surface area contributed by atoms with Gasteiger partial charge in [-0.15, -0.1) is 0 Å². The molecule has 0 aliphatic rings. The molecule has 84 valence electrons. The Morgan fingerprint density at radius 3 is 2.60 bits per heavy atom. The highest BCUT2D eigenvalue weighted by Gasteiger charge is 2.07. The standard InChI is InChI=1S/C13H22N2/c1-4-12(5-2)9-15-11(3)13-7-6-8-14-10-13/h6-8,10-12,15H,4-5,9H2,1-3H3/t11-/m1/s1. The van der Waals surface area contributed by atoms with E-state index < -0.39 is 0 Å². The minimum atomic E-state index is 0.402. The lowest BCUT2D eigenvalue weighted by molar-refractivity contribution is 0.422. The van der Waals surface area contributed by atoms with Gasteiger partial charge in [-0.05, 0) is 31.0 Å². The van der Waals surface area contributed by atoms with Crippen LogP contribution in [0.3, 0.4) is 0 Å². The van der Waals surface area contributed by atoms with Gasteiger partial charge in [-0.3, -0.25) is 4.98 Å². The second kappa shape index (κ2) is 6.57. The number of hydrogen-bond acceptors (Lipinski definition) is 2. The lowest BCUT2D eigenvalue weighted by Crippen LogP contribution is -2.25. The topological polar surface area (TPSA) is 24.9 Å². The molecule has 0 unspecified atom stereocenters. The van der Waals surface area contributed by atoms with Crippen molar-refractivity contribution in [3.63, 3.8) is 0 Å². The molecule has 1 atom stereocenters. The summed E-state index contributed by atoms with van der Waals surface area (Å²) in [6.07, 6.45) is 6.26. The minimum absolute atomic E-state index is 0.402. The molecule has 0 saturated carbocycles. The Morgan fingerprint density at radius 2 is 2.07 bits per heavy atom. The van der Waals surface area contributed by atoms with E-state index in [9.17, 15) is 0 Å². The molecule has 0 aliphatic heterocycles. The van der Waals surface area contributed by atoms with Crippen molar-refractivity contribution in [1.82, 2.24) is 10.3 Å². The zero-order valence-electron chi connectivity index (χ0n) is 10.0. The third-order valence-corrected chi connectivity index (χ3v) is 3.05. The molecule has 1 heterocycles.